The van der Waals surface area contributed by atoms with Crippen LogP contribution in [0.3, 0.4) is 0 Å². The zero-order valence-corrected chi connectivity index (χ0v) is 18.1. The van der Waals surface area contributed by atoms with Gasteiger partial charge in [-0.25, -0.2) is 23.3 Å². The second-order valence-corrected chi connectivity index (χ2v) is 8.64. The lowest BCUT2D eigenvalue weighted by molar-refractivity contribution is -0.142. The lowest BCUT2D eigenvalue weighted by atomic mass is 9.92. The van der Waals surface area contributed by atoms with E-state index in [4.69, 9.17) is 4.74 Å². The van der Waals surface area contributed by atoms with Gasteiger partial charge < -0.3 is 15.0 Å². The summed E-state index contributed by atoms with van der Waals surface area (Å²) in [6, 6.07) is 3.64. The molecule has 1 aliphatic heterocycles. The zero-order chi connectivity index (χ0) is 24.0. The molecule has 13 heteroatoms. The van der Waals surface area contributed by atoms with E-state index in [-0.39, 0.29) is 35.2 Å². The van der Waals surface area contributed by atoms with E-state index in [9.17, 15) is 22.0 Å². The maximum absolute atomic E-state index is 13.5. The Morgan fingerprint density at radius 3 is 2.53 bits per heavy atom. The number of hydrogen-bond acceptors (Lipinski definition) is 7. The van der Waals surface area contributed by atoms with Crippen LogP contribution < -0.4 is 15.0 Å². The molecule has 2 bridgehead atoms. The summed E-state index contributed by atoms with van der Waals surface area (Å²) in [5.41, 5.74) is -0.458. The molecule has 2 fully saturated rings. The van der Waals surface area contributed by atoms with Crippen LogP contribution in [-0.2, 0) is 6.18 Å². The quantitative estimate of drug-likeness (QED) is 0.534. The number of aromatic nitrogens is 5. The first-order chi connectivity index (χ1) is 16.2. The molecule has 4 heterocycles. The molecule has 0 amide bonds. The minimum Gasteiger partial charge on any atom is -0.484 e. The molecule has 3 aromatic heterocycles. The maximum Gasteiger partial charge on any atom is 0.433 e. The average Bonchev–Trinajstić information content (AvgIpc) is 3.28. The van der Waals surface area contributed by atoms with Crippen molar-refractivity contribution in [2.24, 2.45) is 11.8 Å². The van der Waals surface area contributed by atoms with Gasteiger partial charge in [0, 0.05) is 30.9 Å². The highest BCUT2D eigenvalue weighted by Crippen LogP contribution is 2.40. The Balaban J connectivity index is 1.40. The molecular formula is C21H22F5N7O. The summed E-state index contributed by atoms with van der Waals surface area (Å²) >= 11 is 0. The van der Waals surface area contributed by atoms with Crippen LogP contribution in [-0.4, -0.2) is 56.7 Å². The van der Waals surface area contributed by atoms with Crippen molar-refractivity contribution >= 4 is 17.4 Å². The Hall–Kier alpha value is -3.25. The van der Waals surface area contributed by atoms with Crippen molar-refractivity contribution in [3.8, 4) is 5.75 Å². The Morgan fingerprint density at radius 1 is 1.15 bits per heavy atom. The monoisotopic (exact) mass is 483 g/mol. The van der Waals surface area contributed by atoms with Crippen LogP contribution in [0.25, 0.3) is 5.65 Å². The molecule has 1 saturated heterocycles. The minimum atomic E-state index is -4.70. The van der Waals surface area contributed by atoms with Gasteiger partial charge in [0.15, 0.2) is 11.4 Å². The number of hydrogen-bond donors (Lipinski definition) is 1. The highest BCUT2D eigenvalue weighted by molar-refractivity contribution is 5.57. The number of piperidine rings is 1. The molecule has 182 valence electrons. The normalized spacial score (nSPS) is 22.6. The molecule has 0 unspecified atom stereocenters. The summed E-state index contributed by atoms with van der Waals surface area (Å²) in [4.78, 5) is 14.9. The highest BCUT2D eigenvalue weighted by atomic mass is 19.4. The van der Waals surface area contributed by atoms with Gasteiger partial charge in [0.05, 0.1) is 0 Å². The van der Waals surface area contributed by atoms with Crippen molar-refractivity contribution in [3.05, 3.63) is 35.9 Å². The van der Waals surface area contributed by atoms with E-state index < -0.39 is 24.9 Å². The number of nitrogens with one attached hydrogen (secondary N) is 1. The summed E-state index contributed by atoms with van der Waals surface area (Å²) in [5.74, 6) is 1.11. The molecular weight excluding hydrogens is 461 g/mol. The van der Waals surface area contributed by atoms with E-state index in [1.807, 2.05) is 13.0 Å². The number of pyridine rings is 1. The predicted molar refractivity (Wildman–Crippen MR) is 112 cm³/mol. The molecule has 1 N–H and O–H groups in total. The topological polar surface area (TPSA) is 80.5 Å². The first-order valence-corrected chi connectivity index (χ1v) is 10.9. The van der Waals surface area contributed by atoms with Crippen LogP contribution in [0, 0.1) is 18.8 Å². The van der Waals surface area contributed by atoms with Crippen LogP contribution in [0.2, 0.25) is 0 Å². The minimum absolute atomic E-state index is 0.00632. The number of aryl methyl sites for hydroxylation is 1. The second-order valence-electron chi connectivity index (χ2n) is 8.64. The second kappa shape index (κ2) is 8.51. The largest absolute Gasteiger partial charge is 0.484 e. The summed E-state index contributed by atoms with van der Waals surface area (Å²) in [5, 5.41) is 7.23. The smallest absolute Gasteiger partial charge is 0.433 e. The van der Waals surface area contributed by atoms with Gasteiger partial charge in [0.1, 0.15) is 24.4 Å². The molecule has 0 aromatic carbocycles. The van der Waals surface area contributed by atoms with Crippen molar-refractivity contribution in [1.29, 1.82) is 0 Å². The summed E-state index contributed by atoms with van der Waals surface area (Å²) in [7, 11) is 0. The summed E-state index contributed by atoms with van der Waals surface area (Å²) in [6.45, 7) is 2.41. The van der Waals surface area contributed by atoms with Gasteiger partial charge in [-0.15, -0.1) is 5.10 Å². The third-order valence-electron chi connectivity index (χ3n) is 6.35. The summed E-state index contributed by atoms with van der Waals surface area (Å²) in [6.07, 6.45) is -4.05. The van der Waals surface area contributed by atoms with Crippen LogP contribution in [0.1, 0.15) is 24.2 Å². The van der Waals surface area contributed by atoms with Crippen molar-refractivity contribution < 1.29 is 26.7 Å². The maximum atomic E-state index is 13.5. The van der Waals surface area contributed by atoms with E-state index in [1.54, 1.807) is 0 Å². The molecule has 1 aliphatic carbocycles. The molecule has 0 radical (unpaired) electrons. The molecule has 34 heavy (non-hydrogen) atoms. The van der Waals surface area contributed by atoms with Crippen LogP contribution in [0.15, 0.2) is 24.5 Å². The van der Waals surface area contributed by atoms with Crippen molar-refractivity contribution in [2.75, 3.05) is 29.9 Å². The third kappa shape index (κ3) is 4.30. The van der Waals surface area contributed by atoms with Gasteiger partial charge >= 0.3 is 6.18 Å². The Kier molecular flexibility index (Phi) is 5.64. The van der Waals surface area contributed by atoms with E-state index in [1.165, 1.54) is 6.33 Å². The van der Waals surface area contributed by atoms with Crippen LogP contribution in [0.4, 0.5) is 33.7 Å². The number of alkyl halides is 5. The Morgan fingerprint density at radius 2 is 1.88 bits per heavy atom. The Bertz CT molecular complexity index is 1170. The van der Waals surface area contributed by atoms with Gasteiger partial charge in [0.25, 0.3) is 6.43 Å². The third-order valence-corrected chi connectivity index (χ3v) is 6.35. The number of nitrogens with zero attached hydrogens (tertiary/aromatic N) is 6. The lowest BCUT2D eigenvalue weighted by Crippen LogP contribution is -2.48. The molecule has 1 saturated carbocycles. The van der Waals surface area contributed by atoms with Crippen molar-refractivity contribution in [2.45, 2.75) is 38.4 Å². The number of rotatable bonds is 6. The van der Waals surface area contributed by atoms with Gasteiger partial charge in [-0.2, -0.15) is 18.2 Å². The van der Waals surface area contributed by atoms with Gasteiger partial charge in [-0.3, -0.25) is 0 Å². The molecule has 0 spiro atoms. The van der Waals surface area contributed by atoms with E-state index in [0.717, 1.165) is 49.6 Å². The van der Waals surface area contributed by atoms with Crippen LogP contribution >= 0.6 is 0 Å². The highest BCUT2D eigenvalue weighted by Gasteiger charge is 2.43. The number of anilines is 2. The van der Waals surface area contributed by atoms with E-state index >= 15 is 0 Å². The van der Waals surface area contributed by atoms with Gasteiger partial charge in [-0.05, 0) is 43.7 Å². The lowest BCUT2D eigenvalue weighted by Gasteiger charge is -2.38. The fraction of sp³-hybridized carbons (Fsp3) is 0.524. The van der Waals surface area contributed by atoms with Gasteiger partial charge in [0.2, 0.25) is 5.95 Å². The molecule has 2 aliphatic rings. The fourth-order valence-electron chi connectivity index (χ4n) is 4.89. The standard InChI is InChI=1S/C21H22F5N7O/c1-11-6-17(28-10-27-11)32-7-12-2-3-13(8-32)18(12)29-20-30-19-14(34-9-16(22)23)4-5-15(21(24,25)26)33(19)31-20/h4-6,10,12-13,16,18H,2-3,7-9H2,1H3,(H,29,31)/t12-,13+,18-. The number of halogens is 5. The van der Waals surface area contributed by atoms with Crippen LogP contribution in [0.5, 0.6) is 5.75 Å². The van der Waals surface area contributed by atoms with E-state index in [2.05, 4.69) is 30.3 Å². The van der Waals surface area contributed by atoms with Crippen molar-refractivity contribution in [1.82, 2.24) is 24.6 Å². The van der Waals surface area contributed by atoms with E-state index in [0.29, 0.717) is 4.52 Å². The first-order valence-electron chi connectivity index (χ1n) is 10.9. The number of fused-ring (bicyclic) bond motifs is 3. The molecule has 8 nitrogen and oxygen atoms in total. The predicted octanol–water partition coefficient (Wildman–Crippen LogP) is 3.82. The average molecular weight is 483 g/mol. The Labute approximate surface area is 191 Å². The van der Waals surface area contributed by atoms with Gasteiger partial charge in [-0.1, -0.05) is 0 Å². The van der Waals surface area contributed by atoms with Crippen molar-refractivity contribution in [3.63, 3.8) is 0 Å². The zero-order valence-electron chi connectivity index (χ0n) is 18.1. The molecule has 3 atom stereocenters. The molecule has 3 aromatic rings. The summed E-state index contributed by atoms with van der Waals surface area (Å²) < 4.78 is 71.3. The molecule has 5 rings (SSSR count). The first kappa shape index (κ1) is 22.5. The number of ether oxygens (including phenoxy) is 1. The fourth-order valence-corrected chi connectivity index (χ4v) is 4.89. The SMILES string of the molecule is Cc1cc(N2C[C@H]3CC[C@@H](C2)[C@@H]3Nc2nc3c(OCC(F)F)ccc(C(F)(F)F)n3n2)ncn1.